The van der Waals surface area contributed by atoms with Crippen LogP contribution in [0.2, 0.25) is 0 Å². The molecule has 2 N–H and O–H groups in total. The van der Waals surface area contributed by atoms with Crippen LogP contribution >= 0.6 is 0 Å². The number of hydrogen-bond acceptors (Lipinski definition) is 3. The van der Waals surface area contributed by atoms with Gasteiger partial charge in [-0.3, -0.25) is 0 Å². The number of hydrogen-bond donors (Lipinski definition) is 1. The summed E-state index contributed by atoms with van der Waals surface area (Å²) < 4.78 is 10.7. The van der Waals surface area contributed by atoms with Gasteiger partial charge in [0.2, 0.25) is 0 Å². The SMILES string of the molecule is CCC1CCC(N)C(c2ccc(OC)c(OC)c2)C1. The lowest BCUT2D eigenvalue weighted by atomic mass is 9.74. The van der Waals surface area contributed by atoms with E-state index >= 15 is 0 Å². The van der Waals surface area contributed by atoms with Crippen LogP contribution in [-0.4, -0.2) is 20.3 Å². The maximum Gasteiger partial charge on any atom is 0.160 e. The van der Waals surface area contributed by atoms with E-state index in [2.05, 4.69) is 19.1 Å². The third kappa shape index (κ3) is 3.03. The predicted octanol–water partition coefficient (Wildman–Crippen LogP) is 3.32. The molecule has 0 bridgehead atoms. The van der Waals surface area contributed by atoms with Crippen molar-refractivity contribution < 1.29 is 9.47 Å². The summed E-state index contributed by atoms with van der Waals surface area (Å²) in [5.41, 5.74) is 7.60. The molecule has 3 atom stereocenters. The summed E-state index contributed by atoms with van der Waals surface area (Å²) in [7, 11) is 3.34. The van der Waals surface area contributed by atoms with Gasteiger partial charge < -0.3 is 15.2 Å². The molecular formula is C16H25NO2. The van der Waals surface area contributed by atoms with Crippen molar-refractivity contribution >= 4 is 0 Å². The minimum Gasteiger partial charge on any atom is -0.493 e. The monoisotopic (exact) mass is 263 g/mol. The quantitative estimate of drug-likeness (QED) is 0.906. The molecule has 0 aliphatic heterocycles. The van der Waals surface area contributed by atoms with Gasteiger partial charge >= 0.3 is 0 Å². The number of rotatable bonds is 4. The highest BCUT2D eigenvalue weighted by Crippen LogP contribution is 2.39. The number of methoxy groups -OCH3 is 2. The smallest absolute Gasteiger partial charge is 0.160 e. The first-order valence-corrected chi connectivity index (χ1v) is 7.17. The molecule has 0 spiro atoms. The van der Waals surface area contributed by atoms with Gasteiger partial charge in [-0.2, -0.15) is 0 Å². The van der Waals surface area contributed by atoms with Gasteiger partial charge in [0.15, 0.2) is 11.5 Å². The summed E-state index contributed by atoms with van der Waals surface area (Å²) in [4.78, 5) is 0. The first-order chi connectivity index (χ1) is 9.19. The second-order valence-corrected chi connectivity index (χ2v) is 5.47. The van der Waals surface area contributed by atoms with E-state index in [1.807, 2.05) is 6.07 Å². The second kappa shape index (κ2) is 6.29. The molecule has 1 aromatic carbocycles. The Hall–Kier alpha value is -1.22. The maximum absolute atomic E-state index is 6.32. The molecule has 1 aliphatic carbocycles. The fourth-order valence-electron chi connectivity index (χ4n) is 3.12. The van der Waals surface area contributed by atoms with Crippen molar-refractivity contribution in [1.82, 2.24) is 0 Å². The van der Waals surface area contributed by atoms with Gasteiger partial charge in [0.25, 0.3) is 0 Å². The maximum atomic E-state index is 6.32. The second-order valence-electron chi connectivity index (χ2n) is 5.47. The molecule has 106 valence electrons. The van der Waals surface area contributed by atoms with Crippen LogP contribution in [0.1, 0.15) is 44.1 Å². The molecule has 0 aromatic heterocycles. The molecule has 2 rings (SSSR count). The van der Waals surface area contributed by atoms with E-state index in [4.69, 9.17) is 15.2 Å². The van der Waals surface area contributed by atoms with Crippen molar-refractivity contribution in [1.29, 1.82) is 0 Å². The number of ether oxygens (including phenoxy) is 2. The molecular weight excluding hydrogens is 238 g/mol. The van der Waals surface area contributed by atoms with Crippen LogP contribution in [0.5, 0.6) is 11.5 Å². The van der Waals surface area contributed by atoms with Gasteiger partial charge in [-0.05, 0) is 48.8 Å². The number of benzene rings is 1. The Kier molecular flexibility index (Phi) is 4.70. The molecule has 19 heavy (non-hydrogen) atoms. The Morgan fingerprint density at radius 2 is 1.89 bits per heavy atom. The fourth-order valence-corrected chi connectivity index (χ4v) is 3.12. The van der Waals surface area contributed by atoms with Crippen molar-refractivity contribution in [2.75, 3.05) is 14.2 Å². The van der Waals surface area contributed by atoms with E-state index in [9.17, 15) is 0 Å². The highest BCUT2D eigenvalue weighted by atomic mass is 16.5. The molecule has 3 heteroatoms. The minimum absolute atomic E-state index is 0.265. The van der Waals surface area contributed by atoms with Gasteiger partial charge in [0, 0.05) is 6.04 Å². The van der Waals surface area contributed by atoms with Crippen LogP contribution in [0, 0.1) is 5.92 Å². The standard InChI is InChI=1S/C16H25NO2/c1-4-11-5-7-14(17)13(9-11)12-6-8-15(18-2)16(10-12)19-3/h6,8,10-11,13-14H,4-5,7,9,17H2,1-3H3. The summed E-state index contributed by atoms with van der Waals surface area (Å²) >= 11 is 0. The Labute approximate surface area is 116 Å². The molecule has 0 amide bonds. The van der Waals surface area contributed by atoms with Crippen molar-refractivity contribution in [3.8, 4) is 11.5 Å². The number of nitrogens with two attached hydrogens (primary N) is 1. The van der Waals surface area contributed by atoms with Crippen molar-refractivity contribution in [2.24, 2.45) is 11.7 Å². The van der Waals surface area contributed by atoms with Gasteiger partial charge in [0.1, 0.15) is 0 Å². The Morgan fingerprint density at radius 1 is 1.16 bits per heavy atom. The highest BCUT2D eigenvalue weighted by molar-refractivity contribution is 5.44. The average Bonchev–Trinajstić information content (AvgIpc) is 2.47. The topological polar surface area (TPSA) is 44.5 Å². The summed E-state index contributed by atoms with van der Waals surface area (Å²) in [5, 5.41) is 0. The van der Waals surface area contributed by atoms with E-state index in [0.717, 1.165) is 23.8 Å². The third-order valence-electron chi connectivity index (χ3n) is 4.43. The fraction of sp³-hybridized carbons (Fsp3) is 0.625. The lowest BCUT2D eigenvalue weighted by Crippen LogP contribution is -2.34. The normalized spacial score (nSPS) is 27.1. The molecule has 0 saturated heterocycles. The molecule has 1 aromatic rings. The molecule has 0 heterocycles. The zero-order valence-corrected chi connectivity index (χ0v) is 12.2. The molecule has 0 radical (unpaired) electrons. The van der Waals surface area contributed by atoms with Crippen molar-refractivity contribution in [2.45, 2.75) is 44.6 Å². The zero-order chi connectivity index (χ0) is 13.8. The first kappa shape index (κ1) is 14.2. The van der Waals surface area contributed by atoms with Crippen LogP contribution in [0.3, 0.4) is 0 Å². The molecule has 3 unspecified atom stereocenters. The van der Waals surface area contributed by atoms with Gasteiger partial charge in [0.05, 0.1) is 14.2 Å². The van der Waals surface area contributed by atoms with E-state index in [1.54, 1.807) is 14.2 Å². The van der Waals surface area contributed by atoms with Crippen LogP contribution in [0.25, 0.3) is 0 Å². The van der Waals surface area contributed by atoms with Crippen molar-refractivity contribution in [3.63, 3.8) is 0 Å². The Bertz CT molecular complexity index is 419. The van der Waals surface area contributed by atoms with E-state index in [-0.39, 0.29) is 6.04 Å². The minimum atomic E-state index is 0.265. The molecule has 1 fully saturated rings. The average molecular weight is 263 g/mol. The summed E-state index contributed by atoms with van der Waals surface area (Å²) in [5.74, 6) is 2.82. The van der Waals surface area contributed by atoms with Gasteiger partial charge in [-0.1, -0.05) is 19.4 Å². The predicted molar refractivity (Wildman–Crippen MR) is 77.9 cm³/mol. The summed E-state index contributed by atoms with van der Waals surface area (Å²) in [6.07, 6.45) is 4.82. The molecule has 1 saturated carbocycles. The molecule has 1 aliphatic rings. The molecule has 3 nitrogen and oxygen atoms in total. The van der Waals surface area contributed by atoms with E-state index in [1.165, 1.54) is 24.8 Å². The van der Waals surface area contributed by atoms with E-state index < -0.39 is 0 Å². The van der Waals surface area contributed by atoms with Gasteiger partial charge in [-0.15, -0.1) is 0 Å². The Balaban J connectivity index is 2.24. The van der Waals surface area contributed by atoms with Crippen LogP contribution in [0.4, 0.5) is 0 Å². The lowest BCUT2D eigenvalue weighted by molar-refractivity contribution is 0.281. The largest absolute Gasteiger partial charge is 0.493 e. The summed E-state index contributed by atoms with van der Waals surface area (Å²) in [6.45, 7) is 2.27. The van der Waals surface area contributed by atoms with E-state index in [0.29, 0.717) is 5.92 Å². The Morgan fingerprint density at radius 3 is 2.53 bits per heavy atom. The van der Waals surface area contributed by atoms with Crippen LogP contribution in [-0.2, 0) is 0 Å². The van der Waals surface area contributed by atoms with Gasteiger partial charge in [-0.25, -0.2) is 0 Å². The highest BCUT2D eigenvalue weighted by Gasteiger charge is 2.29. The zero-order valence-electron chi connectivity index (χ0n) is 12.2. The van der Waals surface area contributed by atoms with Crippen molar-refractivity contribution in [3.05, 3.63) is 23.8 Å². The first-order valence-electron chi connectivity index (χ1n) is 7.17. The third-order valence-corrected chi connectivity index (χ3v) is 4.43. The lowest BCUT2D eigenvalue weighted by Gasteiger charge is -2.34. The van der Waals surface area contributed by atoms with Crippen LogP contribution < -0.4 is 15.2 Å². The summed E-state index contributed by atoms with van der Waals surface area (Å²) in [6, 6.07) is 6.46. The van der Waals surface area contributed by atoms with Crippen LogP contribution in [0.15, 0.2) is 18.2 Å².